The lowest BCUT2D eigenvalue weighted by Gasteiger charge is -2.26. The molecule has 0 aliphatic carbocycles. The first-order valence-electron chi connectivity index (χ1n) is 15.2. The minimum Gasteiger partial charge on any atom is -0.467 e. The molecule has 3 rings (SSSR count). The molecule has 0 aromatic heterocycles. The summed E-state index contributed by atoms with van der Waals surface area (Å²) in [5, 5.41) is 13.3. The number of carbonyl (C=O) groups is 5. The second-order valence-electron chi connectivity index (χ2n) is 11.4. The molecule has 248 valence electrons. The molecular formula is C33H41F2N5O6. The van der Waals surface area contributed by atoms with Gasteiger partial charge in [0, 0.05) is 19.0 Å². The van der Waals surface area contributed by atoms with Crippen molar-refractivity contribution < 1.29 is 37.5 Å². The third kappa shape index (κ3) is 11.3. The highest BCUT2D eigenvalue weighted by Gasteiger charge is 2.30. The van der Waals surface area contributed by atoms with Crippen molar-refractivity contribution in [2.45, 2.75) is 70.1 Å². The van der Waals surface area contributed by atoms with E-state index in [0.29, 0.717) is 30.5 Å². The first-order valence-corrected chi connectivity index (χ1v) is 15.2. The molecule has 2 aromatic rings. The maximum atomic E-state index is 14.4. The molecular weight excluding hydrogens is 600 g/mol. The number of amides is 5. The lowest BCUT2D eigenvalue weighted by molar-refractivity contribution is -0.144. The van der Waals surface area contributed by atoms with Gasteiger partial charge >= 0.3 is 12.0 Å². The molecule has 1 heterocycles. The summed E-state index contributed by atoms with van der Waals surface area (Å²) in [5.74, 6) is -3.65. The first kappa shape index (κ1) is 35.7. The average molecular weight is 642 g/mol. The van der Waals surface area contributed by atoms with Crippen LogP contribution in [0.4, 0.5) is 13.6 Å². The minimum absolute atomic E-state index is 0.0456. The normalized spacial score (nSPS) is 19.3. The summed E-state index contributed by atoms with van der Waals surface area (Å²) in [6.07, 6.45) is 3.83. The minimum atomic E-state index is -1.27. The quantitative estimate of drug-likeness (QED) is 0.251. The van der Waals surface area contributed by atoms with Crippen molar-refractivity contribution in [2.75, 3.05) is 13.7 Å². The number of nitrogens with one attached hydrogen (secondary N) is 5. The van der Waals surface area contributed by atoms with Gasteiger partial charge in [0.15, 0.2) is 0 Å². The van der Waals surface area contributed by atoms with Gasteiger partial charge in [0.25, 0.3) is 0 Å². The number of urea groups is 1. The Balaban J connectivity index is 1.83. The molecule has 1 aliphatic heterocycles. The Morgan fingerprint density at radius 1 is 1.02 bits per heavy atom. The Labute approximate surface area is 266 Å². The van der Waals surface area contributed by atoms with Crippen molar-refractivity contribution in [3.05, 3.63) is 83.4 Å². The molecule has 0 radical (unpaired) electrons. The van der Waals surface area contributed by atoms with E-state index in [1.807, 2.05) is 0 Å². The maximum Gasteiger partial charge on any atom is 0.328 e. The second kappa shape index (κ2) is 17.6. The first-order chi connectivity index (χ1) is 22.0. The van der Waals surface area contributed by atoms with E-state index in [2.05, 4.69) is 26.6 Å². The lowest BCUT2D eigenvalue weighted by atomic mass is 10.0. The van der Waals surface area contributed by atoms with Crippen molar-refractivity contribution in [2.24, 2.45) is 5.92 Å². The van der Waals surface area contributed by atoms with Crippen LogP contribution in [0.3, 0.4) is 0 Å². The van der Waals surface area contributed by atoms with Crippen LogP contribution in [0.5, 0.6) is 0 Å². The molecule has 1 aliphatic rings. The number of carbonyl (C=O) groups excluding carboxylic acids is 5. The molecule has 46 heavy (non-hydrogen) atoms. The fourth-order valence-corrected chi connectivity index (χ4v) is 4.91. The van der Waals surface area contributed by atoms with Crippen molar-refractivity contribution >= 4 is 29.7 Å². The maximum absolute atomic E-state index is 14.4. The third-order valence-corrected chi connectivity index (χ3v) is 7.42. The summed E-state index contributed by atoms with van der Waals surface area (Å²) in [7, 11) is 1.19. The van der Waals surface area contributed by atoms with Crippen molar-refractivity contribution in [1.82, 2.24) is 26.6 Å². The third-order valence-electron chi connectivity index (χ3n) is 7.42. The summed E-state index contributed by atoms with van der Waals surface area (Å²) in [5.41, 5.74) is 0.727. The fraction of sp³-hybridized carbons (Fsp3) is 0.424. The summed E-state index contributed by atoms with van der Waals surface area (Å²) in [6, 6.07) is 6.64. The van der Waals surface area contributed by atoms with Crippen LogP contribution in [0.1, 0.15) is 44.2 Å². The van der Waals surface area contributed by atoms with Gasteiger partial charge in [-0.15, -0.1) is 0 Å². The fourth-order valence-electron chi connectivity index (χ4n) is 4.91. The van der Waals surface area contributed by atoms with Gasteiger partial charge in [0.05, 0.1) is 13.2 Å². The molecule has 0 fully saturated rings. The van der Waals surface area contributed by atoms with Gasteiger partial charge in [-0.25, -0.2) is 18.4 Å². The number of rotatable bonds is 10. The smallest absolute Gasteiger partial charge is 0.328 e. The summed E-state index contributed by atoms with van der Waals surface area (Å²) in [6.45, 7) is 3.76. The molecule has 2 aromatic carbocycles. The summed E-state index contributed by atoms with van der Waals surface area (Å²) >= 11 is 0. The largest absolute Gasteiger partial charge is 0.467 e. The monoisotopic (exact) mass is 641 g/mol. The van der Waals surface area contributed by atoms with Gasteiger partial charge in [-0.1, -0.05) is 50.3 Å². The van der Waals surface area contributed by atoms with Crippen LogP contribution >= 0.6 is 0 Å². The Kier molecular flexibility index (Phi) is 13.7. The van der Waals surface area contributed by atoms with Crippen molar-refractivity contribution in [3.63, 3.8) is 0 Å². The van der Waals surface area contributed by atoms with E-state index in [9.17, 15) is 32.8 Å². The second-order valence-corrected chi connectivity index (χ2v) is 11.4. The van der Waals surface area contributed by atoms with Crippen LogP contribution in [-0.4, -0.2) is 67.5 Å². The predicted octanol–water partition coefficient (Wildman–Crippen LogP) is 2.44. The van der Waals surface area contributed by atoms with E-state index in [-0.39, 0.29) is 31.1 Å². The van der Waals surface area contributed by atoms with E-state index in [1.165, 1.54) is 43.5 Å². The van der Waals surface area contributed by atoms with Crippen LogP contribution < -0.4 is 26.6 Å². The molecule has 0 saturated carbocycles. The zero-order valence-electron chi connectivity index (χ0n) is 26.1. The molecule has 5 N–H and O–H groups in total. The molecule has 11 nitrogen and oxygen atoms in total. The number of esters is 1. The zero-order valence-corrected chi connectivity index (χ0v) is 26.1. The number of ether oxygens (including phenoxy) is 1. The van der Waals surface area contributed by atoms with E-state index < -0.39 is 59.6 Å². The summed E-state index contributed by atoms with van der Waals surface area (Å²) < 4.78 is 33.2. The topological polar surface area (TPSA) is 155 Å². The van der Waals surface area contributed by atoms with Crippen molar-refractivity contribution in [1.29, 1.82) is 0 Å². The molecule has 0 saturated heterocycles. The number of halogens is 2. The molecule has 0 spiro atoms. The van der Waals surface area contributed by atoms with Gasteiger partial charge in [-0.05, 0) is 60.9 Å². The zero-order chi connectivity index (χ0) is 33.6. The van der Waals surface area contributed by atoms with Crippen LogP contribution in [0, 0.1) is 17.6 Å². The average Bonchev–Trinajstić information content (AvgIpc) is 3.01. The number of hydrogen-bond acceptors (Lipinski definition) is 6. The SMILES string of the molecule is COC(=O)C(NC(=O)NC(Cc1cccc(F)c1)C(=O)N[C@H]1CCCCNC(=O)/C=C/[C@H](Cc2ccccc2F)NC1=O)C(C)C. The van der Waals surface area contributed by atoms with Crippen LogP contribution in [0.2, 0.25) is 0 Å². The molecule has 2 unspecified atom stereocenters. The Hall–Kier alpha value is -4.81. The van der Waals surface area contributed by atoms with Crippen LogP contribution in [0.25, 0.3) is 0 Å². The number of benzene rings is 2. The number of methoxy groups -OCH3 is 1. The van der Waals surface area contributed by atoms with Gasteiger partial charge in [0.2, 0.25) is 17.7 Å². The molecule has 13 heteroatoms. The van der Waals surface area contributed by atoms with E-state index in [0.717, 1.165) is 0 Å². The highest BCUT2D eigenvalue weighted by molar-refractivity contribution is 5.93. The Morgan fingerprint density at radius 3 is 2.48 bits per heavy atom. The van der Waals surface area contributed by atoms with Crippen molar-refractivity contribution in [3.8, 4) is 0 Å². The standard InChI is InChI=1S/C33H41F2N5O6/c1-20(2)29(32(44)46-3)40-33(45)39-27(18-21-9-8-11-23(34)17-21)31(43)38-26-13-6-7-16-36-28(41)15-14-24(37-30(26)42)19-22-10-4-5-12-25(22)35/h4-5,8-12,14-15,17,20,24,26-27,29H,6-7,13,16,18-19H2,1-3H3,(H,36,41)(H,37,42)(H,38,43)(H2,39,40,45)/b15-14+/t24-,26+,27?,29?/m1/s1. The molecule has 0 bridgehead atoms. The molecule has 5 amide bonds. The van der Waals surface area contributed by atoms with E-state index in [1.54, 1.807) is 38.1 Å². The Bertz CT molecular complexity index is 1420. The lowest BCUT2D eigenvalue weighted by Crippen LogP contribution is -2.58. The van der Waals surface area contributed by atoms with Gasteiger partial charge < -0.3 is 31.3 Å². The summed E-state index contributed by atoms with van der Waals surface area (Å²) in [4.78, 5) is 64.6. The Morgan fingerprint density at radius 2 is 1.78 bits per heavy atom. The highest BCUT2D eigenvalue weighted by atomic mass is 19.1. The number of hydrogen-bond donors (Lipinski definition) is 5. The highest BCUT2D eigenvalue weighted by Crippen LogP contribution is 2.13. The van der Waals surface area contributed by atoms with E-state index in [4.69, 9.17) is 4.74 Å². The van der Waals surface area contributed by atoms with E-state index >= 15 is 0 Å². The molecule has 4 atom stereocenters. The predicted molar refractivity (Wildman–Crippen MR) is 166 cm³/mol. The van der Waals surface area contributed by atoms with Crippen LogP contribution in [0.15, 0.2) is 60.7 Å². The van der Waals surface area contributed by atoms with Gasteiger partial charge in [0.1, 0.15) is 29.8 Å². The van der Waals surface area contributed by atoms with Gasteiger partial charge in [-0.2, -0.15) is 0 Å². The van der Waals surface area contributed by atoms with Crippen LogP contribution in [-0.2, 0) is 36.8 Å². The van der Waals surface area contributed by atoms with Gasteiger partial charge in [-0.3, -0.25) is 14.4 Å².